The van der Waals surface area contributed by atoms with Crippen LogP contribution in [0.25, 0.3) is 16.6 Å². The number of rotatable bonds is 4. The number of aryl methyl sites for hydroxylation is 2. The molecule has 0 amide bonds. The second-order valence-electron chi connectivity index (χ2n) is 8.60. The molecule has 2 aliphatic rings. The number of hydrogen-bond donors (Lipinski definition) is 0. The van der Waals surface area contributed by atoms with E-state index in [-0.39, 0.29) is 5.69 Å². The van der Waals surface area contributed by atoms with Crippen molar-refractivity contribution < 1.29 is 9.47 Å². The first-order chi connectivity index (χ1) is 16.8. The van der Waals surface area contributed by atoms with Gasteiger partial charge in [-0.1, -0.05) is 30.3 Å². The lowest BCUT2D eigenvalue weighted by Gasteiger charge is -2.28. The van der Waals surface area contributed by atoms with Gasteiger partial charge in [-0.25, -0.2) is 13.9 Å². The van der Waals surface area contributed by atoms with Gasteiger partial charge >= 0.3 is 5.69 Å². The van der Waals surface area contributed by atoms with Crippen molar-refractivity contribution in [1.82, 2.24) is 19.2 Å². The number of fused-ring (bicyclic) bond motifs is 2. The van der Waals surface area contributed by atoms with Gasteiger partial charge in [0.15, 0.2) is 5.65 Å². The Morgan fingerprint density at radius 3 is 2.38 bits per heavy atom. The van der Waals surface area contributed by atoms with Gasteiger partial charge in [-0.2, -0.15) is 0 Å². The second kappa shape index (κ2) is 10.8. The maximum Gasteiger partial charge on any atom is 0.352 e. The van der Waals surface area contributed by atoms with E-state index in [1.807, 2.05) is 48.5 Å². The summed E-state index contributed by atoms with van der Waals surface area (Å²) in [6, 6.07) is 17.9. The molecule has 5 heterocycles. The summed E-state index contributed by atoms with van der Waals surface area (Å²) in [4.78, 5) is 19.9. The molecular weight excluding hydrogens is 430 g/mol. The van der Waals surface area contributed by atoms with Crippen LogP contribution in [0.1, 0.15) is 25.0 Å². The molecule has 2 fully saturated rings. The lowest BCUT2D eigenvalue weighted by Crippen LogP contribution is -2.38. The highest BCUT2D eigenvalue weighted by Crippen LogP contribution is 2.16. The quantitative estimate of drug-likeness (QED) is 0.464. The van der Waals surface area contributed by atoms with Crippen molar-refractivity contribution in [3.8, 4) is 0 Å². The van der Waals surface area contributed by atoms with Crippen molar-refractivity contribution in [3.63, 3.8) is 0 Å². The zero-order valence-corrected chi connectivity index (χ0v) is 19.4. The Morgan fingerprint density at radius 2 is 1.62 bits per heavy atom. The van der Waals surface area contributed by atoms with Crippen LogP contribution in [0.15, 0.2) is 59.4 Å². The van der Waals surface area contributed by atoms with Gasteiger partial charge in [0, 0.05) is 43.8 Å². The molecule has 0 spiro atoms. The fourth-order valence-electron chi connectivity index (χ4n) is 4.38. The van der Waals surface area contributed by atoms with Gasteiger partial charge in [0.05, 0.1) is 25.3 Å². The molecule has 0 atom stereocenters. The molecule has 2 aliphatic heterocycles. The van der Waals surface area contributed by atoms with E-state index in [9.17, 15) is 4.79 Å². The Kier molecular flexibility index (Phi) is 7.16. The van der Waals surface area contributed by atoms with Gasteiger partial charge < -0.3 is 14.4 Å². The third kappa shape index (κ3) is 5.13. The highest BCUT2D eigenvalue weighted by Gasteiger charge is 2.17. The number of para-hydroxylation sites is 1. The van der Waals surface area contributed by atoms with Crippen LogP contribution >= 0.6 is 0 Å². The predicted molar refractivity (Wildman–Crippen MR) is 133 cm³/mol. The standard InChI is InChI=1S/C21H21N5O2.C5H10O/c27-21-25(11-10-17-9-8-16-4-1-2-5-18(16)22-17)23-19-6-3-7-20(26(19)21)24-12-14-28-15-13-24;1-2-4-6-5-3-1/h1-9H,10-15H2;1-5H2. The zero-order valence-electron chi connectivity index (χ0n) is 19.4. The monoisotopic (exact) mass is 461 g/mol. The molecule has 1 aromatic carbocycles. The van der Waals surface area contributed by atoms with Crippen LogP contribution in [0.4, 0.5) is 5.82 Å². The SMILES string of the molecule is C1CCOCC1.O=c1n(CCc2ccc3ccccc3n2)nc2cccc(N3CCOCC3)n12. The second-order valence-corrected chi connectivity index (χ2v) is 8.60. The average molecular weight is 462 g/mol. The van der Waals surface area contributed by atoms with Gasteiger partial charge in [-0.05, 0) is 43.5 Å². The summed E-state index contributed by atoms with van der Waals surface area (Å²) in [6.07, 6.45) is 4.58. The number of nitrogens with zero attached hydrogens (tertiary/aromatic N) is 5. The summed E-state index contributed by atoms with van der Waals surface area (Å²) in [6.45, 7) is 5.39. The topological polar surface area (TPSA) is 73.9 Å². The van der Waals surface area contributed by atoms with Crippen molar-refractivity contribution >= 4 is 22.4 Å². The highest BCUT2D eigenvalue weighted by molar-refractivity contribution is 5.78. The summed E-state index contributed by atoms with van der Waals surface area (Å²) >= 11 is 0. The van der Waals surface area contributed by atoms with E-state index in [0.29, 0.717) is 31.8 Å². The van der Waals surface area contributed by atoms with E-state index >= 15 is 0 Å². The van der Waals surface area contributed by atoms with Crippen LogP contribution in [0.2, 0.25) is 0 Å². The van der Waals surface area contributed by atoms with Gasteiger partial charge in [-0.3, -0.25) is 4.98 Å². The third-order valence-corrected chi connectivity index (χ3v) is 6.23. The van der Waals surface area contributed by atoms with Crippen molar-refractivity contribution in [2.24, 2.45) is 0 Å². The first-order valence-corrected chi connectivity index (χ1v) is 12.1. The molecule has 8 nitrogen and oxygen atoms in total. The number of hydrogen-bond acceptors (Lipinski definition) is 6. The van der Waals surface area contributed by atoms with E-state index in [0.717, 1.165) is 48.7 Å². The van der Waals surface area contributed by atoms with E-state index in [4.69, 9.17) is 14.5 Å². The lowest BCUT2D eigenvalue weighted by molar-refractivity contribution is 0.0968. The minimum atomic E-state index is -0.113. The molecule has 4 aromatic rings. The van der Waals surface area contributed by atoms with E-state index in [1.54, 1.807) is 4.40 Å². The molecule has 178 valence electrons. The smallest absolute Gasteiger partial charge is 0.352 e. The molecule has 0 radical (unpaired) electrons. The lowest BCUT2D eigenvalue weighted by atomic mass is 10.2. The van der Waals surface area contributed by atoms with Crippen LogP contribution in [-0.2, 0) is 22.4 Å². The van der Waals surface area contributed by atoms with Crippen molar-refractivity contribution in [3.05, 3.63) is 70.8 Å². The third-order valence-electron chi connectivity index (χ3n) is 6.23. The molecule has 0 unspecified atom stereocenters. The van der Waals surface area contributed by atoms with E-state index in [2.05, 4.69) is 16.1 Å². The first kappa shape index (κ1) is 22.6. The molecule has 0 bridgehead atoms. The summed E-state index contributed by atoms with van der Waals surface area (Å²) in [5.41, 5.74) is 2.48. The first-order valence-electron chi connectivity index (χ1n) is 12.1. The van der Waals surface area contributed by atoms with Crippen LogP contribution in [0.3, 0.4) is 0 Å². The summed E-state index contributed by atoms with van der Waals surface area (Å²) in [5, 5.41) is 5.64. The summed E-state index contributed by atoms with van der Waals surface area (Å²) < 4.78 is 13.7. The number of pyridine rings is 2. The number of aromatic nitrogens is 4. The Morgan fingerprint density at radius 1 is 0.824 bits per heavy atom. The van der Waals surface area contributed by atoms with Crippen LogP contribution in [0.5, 0.6) is 0 Å². The Hall–Kier alpha value is -3.23. The van der Waals surface area contributed by atoms with Gasteiger partial charge in [0.1, 0.15) is 5.82 Å². The maximum absolute atomic E-state index is 13.0. The molecule has 0 aliphatic carbocycles. The fraction of sp³-hybridized carbons (Fsp3) is 0.423. The summed E-state index contributed by atoms with van der Waals surface area (Å²) in [7, 11) is 0. The highest BCUT2D eigenvalue weighted by atomic mass is 16.5. The summed E-state index contributed by atoms with van der Waals surface area (Å²) in [5.74, 6) is 0.876. The Labute approximate surface area is 198 Å². The van der Waals surface area contributed by atoms with Crippen molar-refractivity contribution in [1.29, 1.82) is 0 Å². The van der Waals surface area contributed by atoms with E-state index < -0.39 is 0 Å². The Balaban J connectivity index is 0.000000351. The van der Waals surface area contributed by atoms with Gasteiger partial charge in [-0.15, -0.1) is 5.10 Å². The molecule has 0 saturated carbocycles. The van der Waals surface area contributed by atoms with Gasteiger partial charge in [0.2, 0.25) is 0 Å². The zero-order chi connectivity index (χ0) is 23.2. The largest absolute Gasteiger partial charge is 0.381 e. The minimum Gasteiger partial charge on any atom is -0.381 e. The normalized spacial score (nSPS) is 16.4. The van der Waals surface area contributed by atoms with Crippen LogP contribution < -0.4 is 10.6 Å². The molecule has 8 heteroatoms. The number of ether oxygens (including phenoxy) is 2. The van der Waals surface area contributed by atoms with Crippen molar-refractivity contribution in [2.75, 3.05) is 44.4 Å². The van der Waals surface area contributed by atoms with Gasteiger partial charge in [0.25, 0.3) is 0 Å². The minimum absolute atomic E-state index is 0.113. The number of benzene rings is 1. The van der Waals surface area contributed by atoms with E-state index in [1.165, 1.54) is 23.9 Å². The number of anilines is 1. The maximum atomic E-state index is 13.0. The Bertz CT molecular complexity index is 1280. The molecule has 2 saturated heterocycles. The molecule has 0 N–H and O–H groups in total. The predicted octanol–water partition coefficient (Wildman–Crippen LogP) is 3.31. The van der Waals surface area contributed by atoms with Crippen LogP contribution in [0, 0.1) is 0 Å². The number of morpholine rings is 1. The fourth-order valence-corrected chi connectivity index (χ4v) is 4.38. The molecule has 3 aromatic heterocycles. The van der Waals surface area contributed by atoms with Crippen molar-refractivity contribution in [2.45, 2.75) is 32.2 Å². The molecular formula is C26H31N5O3. The average Bonchev–Trinajstić information content (AvgIpc) is 3.24. The molecule has 6 rings (SSSR count). The van der Waals surface area contributed by atoms with Crippen LogP contribution in [-0.4, -0.2) is 58.7 Å². The molecule has 34 heavy (non-hydrogen) atoms.